The summed E-state index contributed by atoms with van der Waals surface area (Å²) < 4.78 is 27.6. The third kappa shape index (κ3) is 2.94. The fourth-order valence-corrected chi connectivity index (χ4v) is 2.07. The van der Waals surface area contributed by atoms with Gasteiger partial charge in [0.2, 0.25) is 10.0 Å². The molecular formula is C9H10N2O6S. The third-order valence-corrected chi connectivity index (χ3v) is 2.99. The second kappa shape index (κ2) is 5.00. The fourth-order valence-electron chi connectivity index (χ4n) is 1.22. The zero-order chi connectivity index (χ0) is 13.9. The quantitative estimate of drug-likeness (QED) is 0.604. The van der Waals surface area contributed by atoms with Gasteiger partial charge in [-0.15, -0.1) is 0 Å². The van der Waals surface area contributed by atoms with Gasteiger partial charge in [0.05, 0.1) is 24.0 Å². The summed E-state index contributed by atoms with van der Waals surface area (Å²) in [6, 6.07) is 4.49. The van der Waals surface area contributed by atoms with Crippen molar-refractivity contribution in [2.24, 2.45) is 0 Å². The van der Waals surface area contributed by atoms with E-state index in [9.17, 15) is 23.3 Å². The predicted octanol–water partition coefficient (Wildman–Crippen LogP) is 1.13. The van der Waals surface area contributed by atoms with Crippen LogP contribution in [0.4, 0.5) is 16.2 Å². The minimum absolute atomic E-state index is 0.0325. The van der Waals surface area contributed by atoms with Gasteiger partial charge in [0.25, 0.3) is 5.69 Å². The van der Waals surface area contributed by atoms with Gasteiger partial charge in [-0.3, -0.25) is 10.1 Å². The standard InChI is InChI=1S/C9H10N2O6S/c1-17-9(12)10(18(2,15)16)7-3-5-8(6-4-7)11(13)14/h3-6H,1-2H3. The smallest absolute Gasteiger partial charge is 0.428 e. The SMILES string of the molecule is COC(=O)N(c1ccc([N+](=O)[O-])cc1)S(C)(=O)=O. The van der Waals surface area contributed by atoms with Crippen molar-refractivity contribution in [3.8, 4) is 0 Å². The topological polar surface area (TPSA) is 107 Å². The maximum atomic E-state index is 11.4. The van der Waals surface area contributed by atoms with E-state index < -0.39 is 21.0 Å². The summed E-state index contributed by atoms with van der Waals surface area (Å²) in [7, 11) is -2.84. The van der Waals surface area contributed by atoms with E-state index in [1.54, 1.807) is 0 Å². The van der Waals surface area contributed by atoms with Gasteiger partial charge in [-0.25, -0.2) is 13.2 Å². The number of anilines is 1. The van der Waals surface area contributed by atoms with E-state index in [-0.39, 0.29) is 11.4 Å². The molecule has 0 heterocycles. The normalized spacial score (nSPS) is 10.8. The molecule has 0 radical (unpaired) electrons. The van der Waals surface area contributed by atoms with Crippen molar-refractivity contribution in [1.29, 1.82) is 0 Å². The summed E-state index contributed by atoms with van der Waals surface area (Å²) in [5.41, 5.74) is -0.244. The second-order valence-corrected chi connectivity index (χ2v) is 5.10. The van der Waals surface area contributed by atoms with Crippen molar-refractivity contribution in [1.82, 2.24) is 0 Å². The van der Waals surface area contributed by atoms with Crippen LogP contribution in [0.2, 0.25) is 0 Å². The molecule has 0 spiro atoms. The van der Waals surface area contributed by atoms with Crippen LogP contribution in [0.15, 0.2) is 24.3 Å². The summed E-state index contributed by atoms with van der Waals surface area (Å²) in [4.78, 5) is 21.2. The number of benzene rings is 1. The highest BCUT2D eigenvalue weighted by Gasteiger charge is 2.26. The number of ether oxygens (including phenoxy) is 1. The lowest BCUT2D eigenvalue weighted by Crippen LogP contribution is -2.35. The number of nitro groups is 1. The molecule has 0 aliphatic rings. The van der Waals surface area contributed by atoms with Crippen LogP contribution < -0.4 is 4.31 Å². The van der Waals surface area contributed by atoms with Crippen LogP contribution in [-0.4, -0.2) is 32.8 Å². The molecule has 98 valence electrons. The van der Waals surface area contributed by atoms with Gasteiger partial charge < -0.3 is 4.74 Å². The molecule has 0 aliphatic carbocycles. The van der Waals surface area contributed by atoms with E-state index in [1.807, 2.05) is 0 Å². The van der Waals surface area contributed by atoms with Gasteiger partial charge in [0.1, 0.15) is 0 Å². The summed E-state index contributed by atoms with van der Waals surface area (Å²) in [6.45, 7) is 0. The molecule has 1 rings (SSSR count). The first kappa shape index (κ1) is 13.9. The van der Waals surface area contributed by atoms with Gasteiger partial charge in [-0.05, 0) is 12.1 Å². The maximum Gasteiger partial charge on any atom is 0.428 e. The molecule has 18 heavy (non-hydrogen) atoms. The molecule has 1 amide bonds. The Morgan fingerprint density at radius 3 is 2.17 bits per heavy atom. The molecule has 0 N–H and O–H groups in total. The summed E-state index contributed by atoms with van der Waals surface area (Å²) in [5.74, 6) is 0. The van der Waals surface area contributed by atoms with Gasteiger partial charge in [0, 0.05) is 12.1 Å². The van der Waals surface area contributed by atoms with E-state index in [0.29, 0.717) is 4.31 Å². The minimum Gasteiger partial charge on any atom is -0.452 e. The highest BCUT2D eigenvalue weighted by atomic mass is 32.2. The highest BCUT2D eigenvalue weighted by Crippen LogP contribution is 2.22. The first-order valence-corrected chi connectivity index (χ1v) is 6.45. The average molecular weight is 274 g/mol. The molecule has 0 saturated carbocycles. The van der Waals surface area contributed by atoms with Crippen molar-refractivity contribution >= 4 is 27.5 Å². The molecular weight excluding hydrogens is 264 g/mol. The van der Waals surface area contributed by atoms with Crippen LogP contribution in [0.5, 0.6) is 0 Å². The second-order valence-electron chi connectivity index (χ2n) is 3.27. The van der Waals surface area contributed by atoms with Crippen molar-refractivity contribution in [3.05, 3.63) is 34.4 Å². The van der Waals surface area contributed by atoms with Crippen LogP contribution in [0.3, 0.4) is 0 Å². The number of amides is 1. The molecule has 1 aromatic rings. The van der Waals surface area contributed by atoms with Gasteiger partial charge in [0.15, 0.2) is 0 Å². The number of hydrogen-bond donors (Lipinski definition) is 0. The third-order valence-electron chi connectivity index (χ3n) is 1.97. The Hall–Kier alpha value is -2.16. The van der Waals surface area contributed by atoms with Crippen molar-refractivity contribution in [2.45, 2.75) is 0 Å². The van der Waals surface area contributed by atoms with Crippen molar-refractivity contribution in [3.63, 3.8) is 0 Å². The lowest BCUT2D eigenvalue weighted by atomic mass is 10.3. The van der Waals surface area contributed by atoms with E-state index in [1.165, 1.54) is 0 Å². The number of nitrogens with zero attached hydrogens (tertiary/aromatic N) is 2. The van der Waals surface area contributed by atoms with E-state index in [4.69, 9.17) is 0 Å². The van der Waals surface area contributed by atoms with Crippen LogP contribution in [0.1, 0.15) is 0 Å². The lowest BCUT2D eigenvalue weighted by Gasteiger charge is -2.18. The Morgan fingerprint density at radius 2 is 1.83 bits per heavy atom. The molecule has 0 atom stereocenters. The van der Waals surface area contributed by atoms with E-state index in [0.717, 1.165) is 37.6 Å². The molecule has 1 aromatic carbocycles. The highest BCUT2D eigenvalue weighted by molar-refractivity contribution is 7.92. The van der Waals surface area contributed by atoms with Gasteiger partial charge in [-0.2, -0.15) is 4.31 Å². The Labute approximate surface area is 103 Å². The van der Waals surface area contributed by atoms with Crippen molar-refractivity contribution in [2.75, 3.05) is 17.7 Å². The van der Waals surface area contributed by atoms with Gasteiger partial charge >= 0.3 is 6.09 Å². The number of carbonyl (C=O) groups excluding carboxylic acids is 1. The first-order chi connectivity index (χ1) is 8.27. The Balaban J connectivity index is 3.23. The molecule has 0 aliphatic heterocycles. The molecule has 8 nitrogen and oxygen atoms in total. The van der Waals surface area contributed by atoms with Crippen LogP contribution in [0.25, 0.3) is 0 Å². The molecule has 0 saturated heterocycles. The maximum absolute atomic E-state index is 11.4. The molecule has 0 bridgehead atoms. The number of carbonyl (C=O) groups is 1. The molecule has 0 aromatic heterocycles. The number of methoxy groups -OCH3 is 1. The molecule has 9 heteroatoms. The van der Waals surface area contributed by atoms with Crippen LogP contribution in [0, 0.1) is 10.1 Å². The molecule has 0 unspecified atom stereocenters. The summed E-state index contributed by atoms with van der Waals surface area (Å²) >= 11 is 0. The summed E-state index contributed by atoms with van der Waals surface area (Å²) in [6.07, 6.45) is -0.267. The predicted molar refractivity (Wildman–Crippen MR) is 62.8 cm³/mol. The van der Waals surface area contributed by atoms with Crippen LogP contribution in [-0.2, 0) is 14.8 Å². The zero-order valence-corrected chi connectivity index (χ0v) is 10.4. The Bertz CT molecular complexity index is 565. The number of nitro benzene ring substituents is 1. The minimum atomic E-state index is -3.87. The number of rotatable bonds is 3. The summed E-state index contributed by atoms with van der Waals surface area (Å²) in [5, 5.41) is 10.5. The Kier molecular flexibility index (Phi) is 3.86. The monoisotopic (exact) mass is 274 g/mol. The van der Waals surface area contributed by atoms with Gasteiger partial charge in [-0.1, -0.05) is 0 Å². The van der Waals surface area contributed by atoms with E-state index in [2.05, 4.69) is 4.74 Å². The first-order valence-electron chi connectivity index (χ1n) is 4.60. The largest absolute Gasteiger partial charge is 0.452 e. The van der Waals surface area contributed by atoms with Crippen molar-refractivity contribution < 1.29 is 22.9 Å². The number of sulfonamides is 1. The lowest BCUT2D eigenvalue weighted by molar-refractivity contribution is -0.384. The number of hydrogen-bond acceptors (Lipinski definition) is 6. The Morgan fingerprint density at radius 1 is 1.33 bits per heavy atom. The average Bonchev–Trinajstić information content (AvgIpc) is 2.27. The zero-order valence-electron chi connectivity index (χ0n) is 9.56. The van der Waals surface area contributed by atoms with Crippen LogP contribution >= 0.6 is 0 Å². The number of non-ortho nitro benzene ring substituents is 1. The van der Waals surface area contributed by atoms with E-state index >= 15 is 0 Å². The fraction of sp³-hybridized carbons (Fsp3) is 0.222. The molecule has 0 fully saturated rings.